The summed E-state index contributed by atoms with van der Waals surface area (Å²) in [6, 6.07) is 0. The first kappa shape index (κ1) is 11.5. The van der Waals surface area contributed by atoms with Crippen LogP contribution < -0.4 is 0 Å². The second kappa shape index (κ2) is 3.23. The lowest BCUT2D eigenvalue weighted by Crippen LogP contribution is -2.45. The van der Waals surface area contributed by atoms with Crippen molar-refractivity contribution in [2.45, 2.75) is 39.2 Å². The molecule has 0 saturated heterocycles. The molecule has 3 nitrogen and oxygen atoms in total. The Morgan fingerprint density at radius 3 is 2.36 bits per heavy atom. The molecular weight excluding hydrogens is 178 g/mol. The monoisotopic (exact) mass is 199 g/mol. The molecule has 1 aliphatic rings. The molecule has 1 aliphatic carbocycles. The molecule has 0 bridgehead atoms. The first-order valence-electron chi connectivity index (χ1n) is 5.20. The van der Waals surface area contributed by atoms with Crippen LogP contribution in [0.5, 0.6) is 0 Å². The van der Waals surface area contributed by atoms with Gasteiger partial charge in [0.05, 0.1) is 5.41 Å². The van der Waals surface area contributed by atoms with Gasteiger partial charge in [-0.1, -0.05) is 6.92 Å². The highest BCUT2D eigenvalue weighted by atomic mass is 16.4. The molecule has 0 aromatic rings. The molecular formula is C11H21NO2. The molecule has 0 aromatic heterocycles. The summed E-state index contributed by atoms with van der Waals surface area (Å²) >= 11 is 0. The van der Waals surface area contributed by atoms with Crippen LogP contribution in [0, 0.1) is 11.3 Å². The number of nitrogens with zero attached hydrogens (tertiary/aromatic N) is 1. The Bertz CT molecular complexity index is 252. The van der Waals surface area contributed by atoms with Crippen molar-refractivity contribution in [1.29, 1.82) is 0 Å². The molecule has 0 radical (unpaired) electrons. The molecule has 0 aromatic carbocycles. The highest BCUT2D eigenvalue weighted by Gasteiger charge is 2.63. The summed E-state index contributed by atoms with van der Waals surface area (Å²) in [4.78, 5) is 13.2. The smallest absolute Gasteiger partial charge is 0.309 e. The number of hydrogen-bond acceptors (Lipinski definition) is 2. The average molecular weight is 199 g/mol. The summed E-state index contributed by atoms with van der Waals surface area (Å²) < 4.78 is 0. The van der Waals surface area contributed by atoms with Gasteiger partial charge in [0.15, 0.2) is 0 Å². The van der Waals surface area contributed by atoms with Crippen molar-refractivity contribution in [3.63, 3.8) is 0 Å². The van der Waals surface area contributed by atoms with Crippen molar-refractivity contribution in [2.24, 2.45) is 11.3 Å². The zero-order chi connectivity index (χ0) is 11.1. The van der Waals surface area contributed by atoms with Gasteiger partial charge in [0.2, 0.25) is 0 Å². The van der Waals surface area contributed by atoms with Crippen molar-refractivity contribution >= 4 is 5.97 Å². The molecule has 82 valence electrons. The summed E-state index contributed by atoms with van der Waals surface area (Å²) in [6.45, 7) is 6.14. The maximum absolute atomic E-state index is 11.1. The molecule has 3 heteroatoms. The van der Waals surface area contributed by atoms with E-state index >= 15 is 0 Å². The van der Waals surface area contributed by atoms with E-state index in [4.69, 9.17) is 5.11 Å². The minimum Gasteiger partial charge on any atom is -0.481 e. The van der Waals surface area contributed by atoms with E-state index in [9.17, 15) is 4.79 Å². The lowest BCUT2D eigenvalue weighted by Gasteiger charge is -2.37. The molecule has 0 spiro atoms. The van der Waals surface area contributed by atoms with Crippen molar-refractivity contribution < 1.29 is 9.90 Å². The van der Waals surface area contributed by atoms with E-state index in [0.29, 0.717) is 0 Å². The fourth-order valence-electron chi connectivity index (χ4n) is 2.38. The van der Waals surface area contributed by atoms with E-state index in [1.807, 2.05) is 21.0 Å². The van der Waals surface area contributed by atoms with Gasteiger partial charge in [-0.25, -0.2) is 0 Å². The van der Waals surface area contributed by atoms with Gasteiger partial charge in [-0.15, -0.1) is 0 Å². The van der Waals surface area contributed by atoms with E-state index in [1.165, 1.54) is 0 Å². The Hall–Kier alpha value is -0.570. The minimum absolute atomic E-state index is 0.0210. The number of aliphatic carboxylic acids is 1. The molecule has 0 amide bonds. The topological polar surface area (TPSA) is 40.5 Å². The Morgan fingerprint density at radius 2 is 2.14 bits per heavy atom. The van der Waals surface area contributed by atoms with Crippen molar-refractivity contribution in [1.82, 2.24) is 4.90 Å². The Labute approximate surface area is 86.1 Å². The maximum Gasteiger partial charge on any atom is 0.309 e. The van der Waals surface area contributed by atoms with Crippen LogP contribution >= 0.6 is 0 Å². The van der Waals surface area contributed by atoms with E-state index in [1.54, 1.807) is 0 Å². The van der Waals surface area contributed by atoms with E-state index < -0.39 is 11.4 Å². The third-order valence-corrected chi connectivity index (χ3v) is 4.21. The lowest BCUT2D eigenvalue weighted by molar-refractivity contribution is -0.144. The molecule has 0 heterocycles. The van der Waals surface area contributed by atoms with Gasteiger partial charge in [-0.3, -0.25) is 4.79 Å². The predicted molar refractivity (Wildman–Crippen MR) is 56.2 cm³/mol. The van der Waals surface area contributed by atoms with Gasteiger partial charge in [0.25, 0.3) is 0 Å². The molecule has 3 unspecified atom stereocenters. The summed E-state index contributed by atoms with van der Waals surface area (Å²) in [6.07, 6.45) is 1.80. The van der Waals surface area contributed by atoms with Crippen LogP contribution in [0.4, 0.5) is 0 Å². The van der Waals surface area contributed by atoms with E-state index in [0.717, 1.165) is 12.8 Å². The molecule has 14 heavy (non-hydrogen) atoms. The second-order valence-electron chi connectivity index (χ2n) is 5.08. The third-order valence-electron chi connectivity index (χ3n) is 4.21. The number of carboxylic acid groups (broad SMARTS) is 1. The first-order chi connectivity index (χ1) is 6.29. The maximum atomic E-state index is 11.1. The summed E-state index contributed by atoms with van der Waals surface area (Å²) in [5, 5.41) is 9.11. The van der Waals surface area contributed by atoms with Gasteiger partial charge in [-0.05, 0) is 46.7 Å². The average Bonchev–Trinajstić information content (AvgIpc) is 2.78. The molecule has 1 N–H and O–H groups in total. The molecule has 1 saturated carbocycles. The van der Waals surface area contributed by atoms with Crippen LogP contribution in [0.1, 0.15) is 33.6 Å². The van der Waals surface area contributed by atoms with Crippen LogP contribution in [0.3, 0.4) is 0 Å². The third kappa shape index (κ3) is 1.44. The van der Waals surface area contributed by atoms with Gasteiger partial charge >= 0.3 is 5.97 Å². The van der Waals surface area contributed by atoms with Gasteiger partial charge < -0.3 is 10.0 Å². The van der Waals surface area contributed by atoms with Crippen molar-refractivity contribution in [2.75, 3.05) is 14.1 Å². The van der Waals surface area contributed by atoms with Crippen LogP contribution in [-0.4, -0.2) is 35.6 Å². The largest absolute Gasteiger partial charge is 0.481 e. The Balaban J connectivity index is 2.82. The normalized spacial score (nSPS) is 35.4. The molecule has 1 fully saturated rings. The summed E-state index contributed by atoms with van der Waals surface area (Å²) in [7, 11) is 4.06. The van der Waals surface area contributed by atoms with Gasteiger partial charge in [-0.2, -0.15) is 0 Å². The Morgan fingerprint density at radius 1 is 1.64 bits per heavy atom. The van der Waals surface area contributed by atoms with Gasteiger partial charge in [0, 0.05) is 5.54 Å². The predicted octanol–water partition coefficient (Wildman–Crippen LogP) is 1.83. The first-order valence-corrected chi connectivity index (χ1v) is 5.20. The molecule has 1 rings (SSSR count). The SMILES string of the molecule is CCC(C)(C1CC1(C)C(=O)O)N(C)C. The van der Waals surface area contributed by atoms with E-state index in [2.05, 4.69) is 18.7 Å². The lowest BCUT2D eigenvalue weighted by atomic mass is 9.86. The van der Waals surface area contributed by atoms with E-state index in [-0.39, 0.29) is 11.5 Å². The fourth-order valence-corrected chi connectivity index (χ4v) is 2.38. The van der Waals surface area contributed by atoms with Crippen molar-refractivity contribution in [3.8, 4) is 0 Å². The van der Waals surface area contributed by atoms with Crippen LogP contribution in [0.15, 0.2) is 0 Å². The van der Waals surface area contributed by atoms with Gasteiger partial charge in [0.1, 0.15) is 0 Å². The Kier molecular flexibility index (Phi) is 2.65. The van der Waals surface area contributed by atoms with Crippen LogP contribution in [-0.2, 0) is 4.79 Å². The number of rotatable bonds is 4. The fraction of sp³-hybridized carbons (Fsp3) is 0.909. The highest BCUT2D eigenvalue weighted by molar-refractivity contribution is 5.78. The second-order valence-corrected chi connectivity index (χ2v) is 5.08. The highest BCUT2D eigenvalue weighted by Crippen LogP contribution is 2.59. The number of carbonyl (C=O) groups is 1. The zero-order valence-electron chi connectivity index (χ0n) is 9.79. The standard InChI is InChI=1S/C11H21NO2/c1-6-11(3,12(4)5)8-7-10(8,2)9(13)14/h8H,6-7H2,1-5H3,(H,13,14). The van der Waals surface area contributed by atoms with Crippen LogP contribution in [0.25, 0.3) is 0 Å². The minimum atomic E-state index is -0.649. The molecule has 0 aliphatic heterocycles. The summed E-state index contributed by atoms with van der Waals surface area (Å²) in [5.74, 6) is -0.364. The number of carboxylic acids is 1. The molecule has 3 atom stereocenters. The van der Waals surface area contributed by atoms with Crippen molar-refractivity contribution in [3.05, 3.63) is 0 Å². The zero-order valence-corrected chi connectivity index (χ0v) is 9.79. The van der Waals surface area contributed by atoms with Crippen LogP contribution in [0.2, 0.25) is 0 Å². The number of hydrogen-bond donors (Lipinski definition) is 1. The summed E-state index contributed by atoms with van der Waals surface area (Å²) in [5.41, 5.74) is -0.470. The quantitative estimate of drug-likeness (QED) is 0.751.